The van der Waals surface area contributed by atoms with Crippen molar-refractivity contribution >= 4 is 14.0 Å². The van der Waals surface area contributed by atoms with E-state index in [1.165, 1.54) is 6.08 Å². The number of ketones is 1. The van der Waals surface area contributed by atoms with Gasteiger partial charge in [-0.2, -0.15) is 0 Å². The smallest absolute Gasteiger partial charge is 0.317 e. The Hall–Kier alpha value is -0.440. The van der Waals surface area contributed by atoms with E-state index in [1.807, 2.05) is 0 Å². The molecule has 64 valence electrons. The molecule has 11 heavy (non-hydrogen) atoms. The molecule has 0 amide bonds. The largest absolute Gasteiger partial charge is 0.326 e. The molecule has 0 aromatic heterocycles. The van der Waals surface area contributed by atoms with E-state index < -0.39 is 8.25 Å². The molecular formula is C6H11O4P. The fourth-order valence-corrected chi connectivity index (χ4v) is 0.762. The first-order valence-electron chi connectivity index (χ1n) is 3.06. The number of hydrogen-bond donors (Lipinski definition) is 1. The summed E-state index contributed by atoms with van der Waals surface area (Å²) in [5.74, 6) is -0.294. The van der Waals surface area contributed by atoms with E-state index >= 15 is 0 Å². The minimum atomic E-state index is -2.97. The number of carbonyl (C=O) groups is 1. The lowest BCUT2D eigenvalue weighted by Gasteiger charge is -1.94. The zero-order chi connectivity index (χ0) is 8.85. The molecule has 1 N–H and O–H groups in total. The van der Waals surface area contributed by atoms with Gasteiger partial charge < -0.3 is 9.42 Å². The van der Waals surface area contributed by atoms with Crippen LogP contribution in [0.15, 0.2) is 11.6 Å². The topological polar surface area (TPSA) is 63.6 Å². The van der Waals surface area contributed by atoms with E-state index in [1.54, 1.807) is 13.8 Å². The average Bonchev–Trinajstić information content (AvgIpc) is 1.82. The first-order chi connectivity index (χ1) is 5.02. The Morgan fingerprint density at radius 1 is 1.64 bits per heavy atom. The van der Waals surface area contributed by atoms with Crippen LogP contribution in [0, 0.1) is 0 Å². The van der Waals surface area contributed by atoms with Gasteiger partial charge in [0, 0.05) is 0 Å². The number of allylic oxidation sites excluding steroid dienone is 1. The number of carbonyl (C=O) groups excluding carboxylic acids is 1. The highest BCUT2D eigenvalue weighted by Crippen LogP contribution is 2.13. The van der Waals surface area contributed by atoms with Crippen molar-refractivity contribution in [1.29, 1.82) is 0 Å². The fourth-order valence-electron chi connectivity index (χ4n) is 0.497. The third-order valence-electron chi connectivity index (χ3n) is 0.788. The summed E-state index contributed by atoms with van der Waals surface area (Å²) in [6.45, 7) is 3.21. The molecule has 5 heteroatoms. The lowest BCUT2D eigenvalue weighted by Crippen LogP contribution is -2.01. The third kappa shape index (κ3) is 7.46. The molecule has 0 fully saturated rings. The van der Waals surface area contributed by atoms with Gasteiger partial charge in [0.05, 0.1) is 0 Å². The fraction of sp³-hybridized carbons (Fsp3) is 0.500. The Morgan fingerprint density at radius 2 is 2.18 bits per heavy atom. The minimum Gasteiger partial charge on any atom is -0.326 e. The van der Waals surface area contributed by atoms with E-state index in [4.69, 9.17) is 4.89 Å². The molecule has 0 heterocycles. The van der Waals surface area contributed by atoms with Crippen molar-refractivity contribution in [2.75, 3.05) is 6.61 Å². The normalized spacial score (nSPS) is 12.3. The molecule has 0 bridgehead atoms. The van der Waals surface area contributed by atoms with Gasteiger partial charge in [-0.3, -0.25) is 9.36 Å². The standard InChI is InChI=1S/C6H11O4P/c1-5(2)3-6(7)4-10-11(8)9/h3,11H,4H2,1-2H3,(H,8,9). The summed E-state index contributed by atoms with van der Waals surface area (Å²) in [4.78, 5) is 18.9. The highest BCUT2D eigenvalue weighted by Gasteiger charge is 1.98. The zero-order valence-electron chi connectivity index (χ0n) is 6.46. The molecular weight excluding hydrogens is 167 g/mol. The van der Waals surface area contributed by atoms with Crippen molar-refractivity contribution in [2.45, 2.75) is 13.8 Å². The van der Waals surface area contributed by atoms with Gasteiger partial charge in [-0.1, -0.05) is 5.57 Å². The highest BCUT2D eigenvalue weighted by molar-refractivity contribution is 7.32. The van der Waals surface area contributed by atoms with Crippen LogP contribution >= 0.6 is 8.25 Å². The molecule has 0 aliphatic heterocycles. The molecule has 0 spiro atoms. The zero-order valence-corrected chi connectivity index (χ0v) is 7.46. The van der Waals surface area contributed by atoms with Crippen LogP contribution < -0.4 is 0 Å². The van der Waals surface area contributed by atoms with Gasteiger partial charge in [0.25, 0.3) is 0 Å². The van der Waals surface area contributed by atoms with Crippen molar-refractivity contribution in [1.82, 2.24) is 0 Å². The van der Waals surface area contributed by atoms with Crippen molar-refractivity contribution in [3.8, 4) is 0 Å². The van der Waals surface area contributed by atoms with Crippen LogP contribution in [0.4, 0.5) is 0 Å². The van der Waals surface area contributed by atoms with E-state index in [9.17, 15) is 9.36 Å². The molecule has 0 aromatic carbocycles. The van der Waals surface area contributed by atoms with Crippen LogP contribution in [0.2, 0.25) is 0 Å². The molecule has 0 saturated heterocycles. The van der Waals surface area contributed by atoms with Gasteiger partial charge >= 0.3 is 8.25 Å². The van der Waals surface area contributed by atoms with Crippen molar-refractivity contribution in [3.63, 3.8) is 0 Å². The second kappa shape index (κ2) is 5.24. The summed E-state index contributed by atoms with van der Waals surface area (Å²) in [6.07, 6.45) is 1.37. The van der Waals surface area contributed by atoms with Gasteiger partial charge in [0.15, 0.2) is 5.78 Å². The maximum atomic E-state index is 10.7. The molecule has 4 nitrogen and oxygen atoms in total. The van der Waals surface area contributed by atoms with Gasteiger partial charge in [0.1, 0.15) is 6.61 Å². The van der Waals surface area contributed by atoms with Gasteiger partial charge in [-0.05, 0) is 19.9 Å². The van der Waals surface area contributed by atoms with Gasteiger partial charge in [-0.15, -0.1) is 0 Å². The van der Waals surface area contributed by atoms with Gasteiger partial charge in [0.2, 0.25) is 0 Å². The summed E-state index contributed by atoms with van der Waals surface area (Å²) < 4.78 is 14.2. The van der Waals surface area contributed by atoms with E-state index in [-0.39, 0.29) is 12.4 Å². The first kappa shape index (κ1) is 10.6. The quantitative estimate of drug-likeness (QED) is 0.513. The molecule has 0 saturated carbocycles. The molecule has 0 rings (SSSR count). The van der Waals surface area contributed by atoms with Crippen LogP contribution in [0.1, 0.15) is 13.8 Å². The minimum absolute atomic E-state index is 0.294. The Labute approximate surface area is 65.8 Å². The van der Waals surface area contributed by atoms with E-state index in [0.29, 0.717) is 0 Å². The molecule has 1 atom stereocenters. The van der Waals surface area contributed by atoms with E-state index in [0.717, 1.165) is 5.57 Å². The summed E-state index contributed by atoms with van der Waals surface area (Å²) in [5.41, 5.74) is 0.844. The Bertz CT molecular complexity index is 193. The molecule has 0 radical (unpaired) electrons. The summed E-state index contributed by atoms with van der Waals surface area (Å²) >= 11 is 0. The Morgan fingerprint density at radius 3 is 2.55 bits per heavy atom. The second-order valence-corrected chi connectivity index (χ2v) is 3.06. The monoisotopic (exact) mass is 178 g/mol. The predicted molar refractivity (Wildman–Crippen MR) is 41.6 cm³/mol. The van der Waals surface area contributed by atoms with Crippen molar-refractivity contribution in [3.05, 3.63) is 11.6 Å². The molecule has 0 aliphatic carbocycles. The predicted octanol–water partition coefficient (Wildman–Crippen LogP) is 0.920. The van der Waals surface area contributed by atoms with Gasteiger partial charge in [-0.25, -0.2) is 0 Å². The van der Waals surface area contributed by atoms with Crippen molar-refractivity contribution in [2.24, 2.45) is 0 Å². The molecule has 0 aromatic rings. The third-order valence-corrected chi connectivity index (χ3v) is 1.18. The summed E-state index contributed by atoms with van der Waals surface area (Å²) in [6, 6.07) is 0. The Kier molecular flexibility index (Phi) is 5.03. The van der Waals surface area contributed by atoms with Crippen molar-refractivity contribution < 1.29 is 18.8 Å². The number of rotatable bonds is 4. The average molecular weight is 178 g/mol. The Balaban J connectivity index is 3.71. The van der Waals surface area contributed by atoms with Crippen LogP contribution in [-0.4, -0.2) is 17.3 Å². The van der Waals surface area contributed by atoms with Crippen LogP contribution in [0.3, 0.4) is 0 Å². The lowest BCUT2D eigenvalue weighted by atomic mass is 10.3. The van der Waals surface area contributed by atoms with Crippen LogP contribution in [0.5, 0.6) is 0 Å². The summed E-state index contributed by atoms with van der Waals surface area (Å²) in [5, 5.41) is 0. The molecule has 0 aliphatic rings. The maximum absolute atomic E-state index is 10.7. The van der Waals surface area contributed by atoms with E-state index in [2.05, 4.69) is 4.52 Å². The second-order valence-electron chi connectivity index (χ2n) is 2.24. The molecule has 1 unspecified atom stereocenters. The summed E-state index contributed by atoms with van der Waals surface area (Å²) in [7, 11) is -2.97. The van der Waals surface area contributed by atoms with Crippen LogP contribution in [0.25, 0.3) is 0 Å². The lowest BCUT2D eigenvalue weighted by molar-refractivity contribution is -0.116. The highest BCUT2D eigenvalue weighted by atomic mass is 31.1. The first-order valence-corrected chi connectivity index (χ1v) is 4.32. The maximum Gasteiger partial charge on any atom is 0.317 e. The SMILES string of the molecule is CC(C)=CC(=O)CO[PH](=O)O. The number of hydrogen-bond acceptors (Lipinski definition) is 3. The van der Waals surface area contributed by atoms with Crippen LogP contribution in [-0.2, 0) is 13.9 Å².